The lowest BCUT2D eigenvalue weighted by Gasteiger charge is -2.15. The third-order valence-corrected chi connectivity index (χ3v) is 2.66. The van der Waals surface area contributed by atoms with E-state index in [1.807, 2.05) is 14.1 Å². The van der Waals surface area contributed by atoms with E-state index >= 15 is 0 Å². The van der Waals surface area contributed by atoms with E-state index in [1.54, 1.807) is 0 Å². The fourth-order valence-corrected chi connectivity index (χ4v) is 1.73. The Morgan fingerprint density at radius 1 is 1.27 bits per heavy atom. The average Bonchev–Trinajstić information content (AvgIpc) is 2.65. The van der Waals surface area contributed by atoms with E-state index in [1.165, 1.54) is 11.3 Å². The molecule has 82 valence electrons. The fraction of sp³-hybridized carbons (Fsp3) is 0.500. The number of nitrogens with one attached hydrogen (secondary N) is 1. The van der Waals surface area contributed by atoms with Gasteiger partial charge in [0.05, 0.1) is 6.61 Å². The maximum atomic E-state index is 5.63. The molecule has 0 radical (unpaired) electrons. The highest BCUT2D eigenvalue weighted by molar-refractivity contribution is 5.46. The number of ether oxygens (including phenoxy) is 1. The summed E-state index contributed by atoms with van der Waals surface area (Å²) in [7, 11) is 4.09. The zero-order valence-electron chi connectivity index (χ0n) is 9.53. The van der Waals surface area contributed by atoms with Crippen molar-refractivity contribution in [2.75, 3.05) is 25.6 Å². The average molecular weight is 206 g/mol. The van der Waals surface area contributed by atoms with Crippen molar-refractivity contribution in [1.29, 1.82) is 0 Å². The van der Waals surface area contributed by atoms with Gasteiger partial charge in [-0.05, 0) is 24.6 Å². The lowest BCUT2D eigenvalue weighted by atomic mass is 10.1. The van der Waals surface area contributed by atoms with Crippen LogP contribution in [-0.4, -0.2) is 26.7 Å². The van der Waals surface area contributed by atoms with Crippen LogP contribution in [-0.2, 0) is 4.74 Å². The smallest absolute Gasteiger partial charge is 0.134 e. The van der Waals surface area contributed by atoms with Crippen molar-refractivity contribution < 1.29 is 4.74 Å². The second kappa shape index (κ2) is 4.21. The summed E-state index contributed by atoms with van der Waals surface area (Å²) < 4.78 is 5.63. The van der Waals surface area contributed by atoms with Gasteiger partial charge in [0.25, 0.3) is 0 Å². The van der Waals surface area contributed by atoms with Crippen molar-refractivity contribution in [3.05, 3.63) is 29.8 Å². The Balaban J connectivity index is 2.10. The second-order valence-corrected chi connectivity index (χ2v) is 4.27. The summed E-state index contributed by atoms with van der Waals surface area (Å²) >= 11 is 0. The van der Waals surface area contributed by atoms with Crippen molar-refractivity contribution >= 4 is 5.69 Å². The lowest BCUT2D eigenvalue weighted by Crippen LogP contribution is -2.22. The van der Waals surface area contributed by atoms with E-state index in [4.69, 9.17) is 4.74 Å². The van der Waals surface area contributed by atoms with E-state index in [0.29, 0.717) is 6.04 Å². The number of hydrogen-bond donors (Lipinski definition) is 1. The molecule has 2 unspecified atom stereocenters. The summed E-state index contributed by atoms with van der Waals surface area (Å²) in [4.78, 5) is 2.09. The molecule has 1 aliphatic heterocycles. The predicted molar refractivity (Wildman–Crippen MR) is 62.1 cm³/mol. The standard InChI is InChI=1S/C12H18N2O/c1-9-8-15-12(13-9)10-4-6-11(7-5-10)14(2)3/h4-7,9,12-13H,8H2,1-3H3. The minimum atomic E-state index is 0.0659. The van der Waals surface area contributed by atoms with Gasteiger partial charge in [-0.25, -0.2) is 0 Å². The molecule has 15 heavy (non-hydrogen) atoms. The first-order valence-corrected chi connectivity index (χ1v) is 5.32. The number of anilines is 1. The van der Waals surface area contributed by atoms with E-state index < -0.39 is 0 Å². The highest BCUT2D eigenvalue weighted by Crippen LogP contribution is 2.22. The minimum Gasteiger partial charge on any atom is -0.378 e. The molecule has 0 aliphatic carbocycles. The van der Waals surface area contributed by atoms with Crippen molar-refractivity contribution in [2.45, 2.75) is 19.2 Å². The summed E-state index contributed by atoms with van der Waals surface area (Å²) in [6.07, 6.45) is 0.0659. The molecule has 2 rings (SSSR count). The van der Waals surface area contributed by atoms with Crippen molar-refractivity contribution in [3.63, 3.8) is 0 Å². The van der Waals surface area contributed by atoms with Crippen LogP contribution in [0.2, 0.25) is 0 Å². The first-order chi connectivity index (χ1) is 7.16. The van der Waals surface area contributed by atoms with E-state index in [9.17, 15) is 0 Å². The SMILES string of the molecule is CC1COC(c2ccc(N(C)C)cc2)N1. The molecule has 3 nitrogen and oxygen atoms in total. The van der Waals surface area contributed by atoms with Crippen molar-refractivity contribution in [2.24, 2.45) is 0 Å². The first kappa shape index (κ1) is 10.5. The van der Waals surface area contributed by atoms with Crippen LogP contribution in [0.1, 0.15) is 18.7 Å². The topological polar surface area (TPSA) is 24.5 Å². The summed E-state index contributed by atoms with van der Waals surface area (Å²) in [5, 5.41) is 3.38. The number of hydrogen-bond acceptors (Lipinski definition) is 3. The zero-order chi connectivity index (χ0) is 10.8. The molecule has 3 heteroatoms. The molecule has 1 heterocycles. The minimum absolute atomic E-state index is 0.0659. The third-order valence-electron chi connectivity index (χ3n) is 2.66. The van der Waals surface area contributed by atoms with Crippen molar-refractivity contribution in [3.8, 4) is 0 Å². The van der Waals surface area contributed by atoms with Gasteiger partial charge in [-0.1, -0.05) is 12.1 Å². The summed E-state index contributed by atoms with van der Waals surface area (Å²) in [6.45, 7) is 2.92. The molecule has 2 atom stereocenters. The van der Waals surface area contributed by atoms with Gasteiger partial charge in [-0.15, -0.1) is 0 Å². The molecule has 0 spiro atoms. The van der Waals surface area contributed by atoms with Gasteiger partial charge < -0.3 is 9.64 Å². The second-order valence-electron chi connectivity index (χ2n) is 4.27. The molecule has 1 aliphatic rings. The highest BCUT2D eigenvalue weighted by Gasteiger charge is 2.21. The van der Waals surface area contributed by atoms with Crippen LogP contribution >= 0.6 is 0 Å². The van der Waals surface area contributed by atoms with Gasteiger partial charge in [-0.2, -0.15) is 0 Å². The quantitative estimate of drug-likeness (QED) is 0.798. The summed E-state index contributed by atoms with van der Waals surface area (Å²) in [5.41, 5.74) is 2.41. The normalized spacial score (nSPS) is 25.5. The van der Waals surface area contributed by atoms with E-state index in [-0.39, 0.29) is 6.23 Å². The maximum Gasteiger partial charge on any atom is 0.134 e. The Kier molecular flexibility index (Phi) is 2.93. The molecular weight excluding hydrogens is 188 g/mol. The van der Waals surface area contributed by atoms with Crippen LogP contribution in [0.4, 0.5) is 5.69 Å². The van der Waals surface area contributed by atoms with Gasteiger partial charge in [0.2, 0.25) is 0 Å². The van der Waals surface area contributed by atoms with Gasteiger partial charge in [0.1, 0.15) is 6.23 Å². The number of benzene rings is 1. The Bertz CT molecular complexity index is 321. The van der Waals surface area contributed by atoms with E-state index in [0.717, 1.165) is 6.61 Å². The van der Waals surface area contributed by atoms with Gasteiger partial charge in [0.15, 0.2) is 0 Å². The van der Waals surface area contributed by atoms with Gasteiger partial charge >= 0.3 is 0 Å². The lowest BCUT2D eigenvalue weighted by molar-refractivity contribution is 0.101. The molecule has 0 aromatic heterocycles. The monoisotopic (exact) mass is 206 g/mol. The van der Waals surface area contributed by atoms with E-state index in [2.05, 4.69) is 41.4 Å². The number of nitrogens with zero attached hydrogens (tertiary/aromatic N) is 1. The first-order valence-electron chi connectivity index (χ1n) is 5.32. The summed E-state index contributed by atoms with van der Waals surface area (Å²) in [6, 6.07) is 8.91. The summed E-state index contributed by atoms with van der Waals surface area (Å²) in [5.74, 6) is 0. The molecular formula is C12H18N2O. The molecule has 1 N–H and O–H groups in total. The zero-order valence-corrected chi connectivity index (χ0v) is 9.53. The van der Waals surface area contributed by atoms with Gasteiger partial charge in [0, 0.05) is 25.8 Å². The Labute approximate surface area is 91.0 Å². The maximum absolute atomic E-state index is 5.63. The van der Waals surface area contributed by atoms with Crippen LogP contribution in [0.3, 0.4) is 0 Å². The Morgan fingerprint density at radius 2 is 1.93 bits per heavy atom. The van der Waals surface area contributed by atoms with Crippen LogP contribution in [0.15, 0.2) is 24.3 Å². The van der Waals surface area contributed by atoms with Crippen molar-refractivity contribution in [1.82, 2.24) is 5.32 Å². The van der Waals surface area contributed by atoms with Crippen LogP contribution in [0.5, 0.6) is 0 Å². The van der Waals surface area contributed by atoms with Crippen LogP contribution in [0, 0.1) is 0 Å². The largest absolute Gasteiger partial charge is 0.378 e. The van der Waals surface area contributed by atoms with Crippen LogP contribution < -0.4 is 10.2 Å². The van der Waals surface area contributed by atoms with Gasteiger partial charge in [-0.3, -0.25) is 5.32 Å². The third kappa shape index (κ3) is 2.30. The molecule has 0 saturated carbocycles. The molecule has 1 saturated heterocycles. The molecule has 0 bridgehead atoms. The number of rotatable bonds is 2. The molecule has 1 aromatic rings. The van der Waals surface area contributed by atoms with Crippen LogP contribution in [0.25, 0.3) is 0 Å². The molecule has 0 amide bonds. The Morgan fingerprint density at radius 3 is 2.40 bits per heavy atom. The predicted octanol–water partition coefficient (Wildman–Crippen LogP) is 1.76. The molecule has 1 aromatic carbocycles. The Hall–Kier alpha value is -1.06. The highest BCUT2D eigenvalue weighted by atomic mass is 16.5. The fourth-order valence-electron chi connectivity index (χ4n) is 1.73. The molecule has 1 fully saturated rings.